The molecule has 1 unspecified atom stereocenters. The van der Waals surface area contributed by atoms with Gasteiger partial charge in [-0.2, -0.15) is 5.10 Å². The molecular weight excluding hydrogens is 308 g/mol. The van der Waals surface area contributed by atoms with Crippen molar-refractivity contribution in [2.24, 2.45) is 7.05 Å². The van der Waals surface area contributed by atoms with E-state index in [1.807, 2.05) is 17.9 Å². The topological polar surface area (TPSA) is 111 Å². The lowest BCUT2D eigenvalue weighted by molar-refractivity contribution is -0.0370. The Morgan fingerprint density at radius 2 is 2.29 bits per heavy atom. The Morgan fingerprint density at radius 3 is 3.08 bits per heavy atom. The number of hydrogen-bond donors (Lipinski definition) is 2. The average Bonchev–Trinajstić information content (AvgIpc) is 3.17. The van der Waals surface area contributed by atoms with Gasteiger partial charge in [0.2, 0.25) is 0 Å². The van der Waals surface area contributed by atoms with Gasteiger partial charge >= 0.3 is 0 Å². The lowest BCUT2D eigenvalue weighted by atomic mass is 10.2. The van der Waals surface area contributed by atoms with Crippen molar-refractivity contribution in [1.29, 1.82) is 0 Å². The third-order valence-corrected chi connectivity index (χ3v) is 4.50. The summed E-state index contributed by atoms with van der Waals surface area (Å²) in [5.41, 5.74) is 9.62. The standard InChI is InChI=1S/C15H20N8O/c1-9-10(5-19-22(9)2)6-23-3-4-24-11(7-23)14-20-13(16)12-15(21-14)18-8-17-12/h5,8,11H,3-4,6-7H2,1-2H3,(H3,16,17,18,20,21). The van der Waals surface area contributed by atoms with Crippen LogP contribution in [-0.4, -0.2) is 54.3 Å². The van der Waals surface area contributed by atoms with E-state index in [-0.39, 0.29) is 6.10 Å². The normalized spacial score (nSPS) is 19.2. The lowest BCUT2D eigenvalue weighted by Gasteiger charge is -2.32. The van der Waals surface area contributed by atoms with E-state index in [9.17, 15) is 0 Å². The van der Waals surface area contributed by atoms with Crippen LogP contribution >= 0.6 is 0 Å². The minimum atomic E-state index is -0.209. The summed E-state index contributed by atoms with van der Waals surface area (Å²) in [6.07, 6.45) is 3.28. The Hall–Kier alpha value is -2.52. The molecule has 1 atom stereocenters. The number of imidazole rings is 1. The Labute approximate surface area is 138 Å². The molecule has 126 valence electrons. The first-order chi connectivity index (χ1) is 11.6. The number of aromatic amines is 1. The highest BCUT2D eigenvalue weighted by atomic mass is 16.5. The number of fused-ring (bicyclic) bond motifs is 1. The Morgan fingerprint density at radius 1 is 1.42 bits per heavy atom. The summed E-state index contributed by atoms with van der Waals surface area (Å²) in [6.45, 7) is 5.12. The Balaban J connectivity index is 1.54. The predicted octanol–water partition coefficient (Wildman–Crippen LogP) is 0.551. The van der Waals surface area contributed by atoms with E-state index in [2.05, 4.69) is 36.9 Å². The Kier molecular flexibility index (Phi) is 3.66. The first-order valence-electron chi connectivity index (χ1n) is 7.89. The van der Waals surface area contributed by atoms with Crippen LogP contribution < -0.4 is 5.73 Å². The van der Waals surface area contributed by atoms with Gasteiger partial charge in [-0.1, -0.05) is 0 Å². The van der Waals surface area contributed by atoms with Gasteiger partial charge in [0.1, 0.15) is 11.6 Å². The third kappa shape index (κ3) is 2.61. The van der Waals surface area contributed by atoms with E-state index in [1.54, 1.807) is 6.33 Å². The molecule has 9 heteroatoms. The molecule has 9 nitrogen and oxygen atoms in total. The summed E-state index contributed by atoms with van der Waals surface area (Å²) in [4.78, 5) is 18.3. The van der Waals surface area contributed by atoms with E-state index in [0.29, 0.717) is 36.0 Å². The van der Waals surface area contributed by atoms with Crippen molar-refractivity contribution in [3.63, 3.8) is 0 Å². The molecule has 24 heavy (non-hydrogen) atoms. The van der Waals surface area contributed by atoms with E-state index in [0.717, 1.165) is 13.1 Å². The number of aromatic nitrogens is 6. The third-order valence-electron chi connectivity index (χ3n) is 4.50. The van der Waals surface area contributed by atoms with Crippen LogP contribution in [0.1, 0.15) is 23.2 Å². The first kappa shape index (κ1) is 15.0. The van der Waals surface area contributed by atoms with Crippen molar-refractivity contribution in [1.82, 2.24) is 34.6 Å². The fourth-order valence-corrected chi connectivity index (χ4v) is 2.96. The van der Waals surface area contributed by atoms with Gasteiger partial charge in [-0.25, -0.2) is 15.0 Å². The molecule has 3 aromatic rings. The number of anilines is 1. The van der Waals surface area contributed by atoms with Crippen LogP contribution in [0.4, 0.5) is 5.82 Å². The number of H-pyrrole nitrogens is 1. The Bertz CT molecular complexity index is 870. The molecule has 0 aromatic carbocycles. The van der Waals surface area contributed by atoms with Gasteiger partial charge < -0.3 is 15.5 Å². The van der Waals surface area contributed by atoms with Crippen molar-refractivity contribution in [3.05, 3.63) is 29.6 Å². The number of hydrogen-bond acceptors (Lipinski definition) is 7. The van der Waals surface area contributed by atoms with E-state index in [4.69, 9.17) is 10.5 Å². The minimum absolute atomic E-state index is 0.209. The zero-order chi connectivity index (χ0) is 16.7. The molecule has 1 fully saturated rings. The molecule has 0 aliphatic carbocycles. The predicted molar refractivity (Wildman–Crippen MR) is 88.0 cm³/mol. The summed E-state index contributed by atoms with van der Waals surface area (Å²) in [7, 11) is 1.96. The van der Waals surface area contributed by atoms with Crippen molar-refractivity contribution < 1.29 is 4.74 Å². The van der Waals surface area contributed by atoms with Crippen molar-refractivity contribution in [3.8, 4) is 0 Å². The van der Waals surface area contributed by atoms with Crippen LogP contribution in [0.15, 0.2) is 12.5 Å². The molecule has 1 aliphatic heterocycles. The van der Waals surface area contributed by atoms with Crippen LogP contribution in [0.5, 0.6) is 0 Å². The summed E-state index contributed by atoms with van der Waals surface area (Å²) in [5, 5.41) is 4.30. The monoisotopic (exact) mass is 328 g/mol. The van der Waals surface area contributed by atoms with E-state index < -0.39 is 0 Å². The van der Waals surface area contributed by atoms with Crippen molar-refractivity contribution in [2.45, 2.75) is 19.6 Å². The number of morpholine rings is 1. The molecule has 0 spiro atoms. The van der Waals surface area contributed by atoms with Gasteiger partial charge in [0.25, 0.3) is 0 Å². The average molecular weight is 328 g/mol. The van der Waals surface area contributed by atoms with Crippen LogP contribution in [0.25, 0.3) is 11.2 Å². The number of nitrogens with two attached hydrogens (primary N) is 1. The molecule has 3 N–H and O–H groups in total. The second-order valence-electron chi connectivity index (χ2n) is 6.04. The second kappa shape index (κ2) is 5.84. The quantitative estimate of drug-likeness (QED) is 0.722. The number of aryl methyl sites for hydroxylation is 1. The maximum atomic E-state index is 5.99. The van der Waals surface area contributed by atoms with E-state index in [1.165, 1.54) is 11.3 Å². The summed E-state index contributed by atoms with van der Waals surface area (Å²) in [5.74, 6) is 0.982. The second-order valence-corrected chi connectivity index (χ2v) is 6.04. The van der Waals surface area contributed by atoms with Gasteiger partial charge in [0, 0.05) is 37.9 Å². The molecule has 1 saturated heterocycles. The molecule has 3 aromatic heterocycles. The zero-order valence-corrected chi connectivity index (χ0v) is 13.7. The number of nitrogens with one attached hydrogen (secondary N) is 1. The van der Waals surface area contributed by atoms with Crippen LogP contribution in [0, 0.1) is 6.92 Å². The fourth-order valence-electron chi connectivity index (χ4n) is 2.96. The van der Waals surface area contributed by atoms with Gasteiger partial charge in [-0.3, -0.25) is 9.58 Å². The van der Waals surface area contributed by atoms with Crippen LogP contribution in [0.2, 0.25) is 0 Å². The van der Waals surface area contributed by atoms with Gasteiger partial charge in [-0.05, 0) is 6.92 Å². The maximum absolute atomic E-state index is 5.99. The van der Waals surface area contributed by atoms with Gasteiger partial charge in [0.15, 0.2) is 17.3 Å². The van der Waals surface area contributed by atoms with Gasteiger partial charge in [-0.15, -0.1) is 0 Å². The summed E-state index contributed by atoms with van der Waals surface area (Å²) >= 11 is 0. The first-order valence-corrected chi connectivity index (χ1v) is 7.89. The molecule has 4 rings (SSSR count). The number of nitrogen functional groups attached to an aromatic ring is 1. The number of nitrogens with zero attached hydrogens (tertiary/aromatic N) is 6. The molecule has 4 heterocycles. The zero-order valence-electron chi connectivity index (χ0n) is 13.7. The molecule has 1 aliphatic rings. The number of ether oxygens (including phenoxy) is 1. The molecular formula is C15H20N8O. The highest BCUT2D eigenvalue weighted by Crippen LogP contribution is 2.24. The van der Waals surface area contributed by atoms with Gasteiger partial charge in [0.05, 0.1) is 19.1 Å². The maximum Gasteiger partial charge on any atom is 0.183 e. The smallest absolute Gasteiger partial charge is 0.183 e. The fraction of sp³-hybridized carbons (Fsp3) is 0.467. The molecule has 0 saturated carbocycles. The SMILES string of the molecule is Cc1c(CN2CCOC(c3nc(N)c4[nH]cnc4n3)C2)cnn1C. The van der Waals surface area contributed by atoms with Crippen LogP contribution in [0.3, 0.4) is 0 Å². The molecule has 0 amide bonds. The summed E-state index contributed by atoms with van der Waals surface area (Å²) < 4.78 is 7.76. The van der Waals surface area contributed by atoms with Crippen molar-refractivity contribution in [2.75, 3.05) is 25.4 Å². The molecule has 0 radical (unpaired) electrons. The highest BCUT2D eigenvalue weighted by Gasteiger charge is 2.26. The highest BCUT2D eigenvalue weighted by molar-refractivity contribution is 5.80. The van der Waals surface area contributed by atoms with E-state index >= 15 is 0 Å². The molecule has 0 bridgehead atoms. The number of rotatable bonds is 3. The van der Waals surface area contributed by atoms with Crippen molar-refractivity contribution >= 4 is 17.0 Å². The minimum Gasteiger partial charge on any atom is -0.382 e. The largest absolute Gasteiger partial charge is 0.382 e. The van der Waals surface area contributed by atoms with Crippen LogP contribution in [-0.2, 0) is 18.3 Å². The summed E-state index contributed by atoms with van der Waals surface area (Å²) in [6, 6.07) is 0. The lowest BCUT2D eigenvalue weighted by Crippen LogP contribution is -2.38.